The molecule has 1 heterocycles. The number of carbonyl (C=O) groups is 1. The van der Waals surface area contributed by atoms with Crippen molar-refractivity contribution in [1.29, 1.82) is 0 Å². The van der Waals surface area contributed by atoms with Crippen LogP contribution in [0.15, 0.2) is 90.0 Å². The number of hydrogen-bond acceptors (Lipinski definition) is 4. The Balaban J connectivity index is 1.95. The lowest BCUT2D eigenvalue weighted by Crippen LogP contribution is -2.27. The molecular weight excluding hydrogens is 354 g/mol. The smallest absolute Gasteiger partial charge is 0.274 e. The molecule has 138 valence electrons. The predicted molar refractivity (Wildman–Crippen MR) is 105 cm³/mol. The van der Waals surface area contributed by atoms with Gasteiger partial charge < -0.3 is 0 Å². The molecule has 0 atom stereocenters. The Hall–Kier alpha value is -3.77. The van der Waals surface area contributed by atoms with Crippen LogP contribution in [0.25, 0.3) is 10.9 Å². The molecule has 0 aliphatic carbocycles. The Bertz CT molecular complexity index is 1150. The quantitative estimate of drug-likeness (QED) is 0.426. The van der Waals surface area contributed by atoms with Crippen LogP contribution in [0.3, 0.4) is 0 Å². The molecule has 0 bridgehead atoms. The SMILES string of the molecule is O=C(NO)c1ccc2ncn(C(c3ccccc3)c3ccccc3)c(=O)c2c1. The van der Waals surface area contributed by atoms with Crippen LogP contribution < -0.4 is 11.0 Å². The van der Waals surface area contributed by atoms with E-state index in [0.717, 1.165) is 11.1 Å². The second kappa shape index (κ2) is 7.46. The Morgan fingerprint density at radius 3 is 2.11 bits per heavy atom. The lowest BCUT2D eigenvalue weighted by Gasteiger charge is -2.21. The maximum absolute atomic E-state index is 13.3. The van der Waals surface area contributed by atoms with E-state index in [-0.39, 0.29) is 17.2 Å². The molecule has 0 unspecified atom stereocenters. The molecule has 0 fully saturated rings. The number of benzene rings is 3. The van der Waals surface area contributed by atoms with E-state index in [2.05, 4.69) is 4.98 Å². The van der Waals surface area contributed by atoms with E-state index in [1.54, 1.807) is 16.1 Å². The minimum Gasteiger partial charge on any atom is -0.288 e. The van der Waals surface area contributed by atoms with Crippen LogP contribution in [0.2, 0.25) is 0 Å². The van der Waals surface area contributed by atoms with Crippen molar-refractivity contribution in [2.75, 3.05) is 0 Å². The minimum absolute atomic E-state index is 0.183. The average Bonchev–Trinajstić information content (AvgIpc) is 2.76. The zero-order valence-electron chi connectivity index (χ0n) is 14.8. The zero-order chi connectivity index (χ0) is 19.5. The highest BCUT2D eigenvalue weighted by Crippen LogP contribution is 2.25. The van der Waals surface area contributed by atoms with Crippen molar-refractivity contribution in [1.82, 2.24) is 15.0 Å². The van der Waals surface area contributed by atoms with Crippen LogP contribution in [-0.4, -0.2) is 20.7 Å². The summed E-state index contributed by atoms with van der Waals surface area (Å²) in [6.45, 7) is 0. The number of amides is 1. The third-order valence-corrected chi connectivity index (χ3v) is 4.66. The van der Waals surface area contributed by atoms with Crippen LogP contribution in [0, 0.1) is 0 Å². The van der Waals surface area contributed by atoms with Gasteiger partial charge in [0.15, 0.2) is 0 Å². The maximum Gasteiger partial charge on any atom is 0.274 e. The van der Waals surface area contributed by atoms with Crippen LogP contribution in [0.4, 0.5) is 0 Å². The highest BCUT2D eigenvalue weighted by Gasteiger charge is 2.19. The number of nitrogens with zero attached hydrogens (tertiary/aromatic N) is 2. The largest absolute Gasteiger partial charge is 0.288 e. The Morgan fingerprint density at radius 1 is 0.929 bits per heavy atom. The van der Waals surface area contributed by atoms with Crippen molar-refractivity contribution >= 4 is 16.8 Å². The Labute approximate surface area is 160 Å². The third-order valence-electron chi connectivity index (χ3n) is 4.66. The van der Waals surface area contributed by atoms with Gasteiger partial charge >= 0.3 is 0 Å². The summed E-state index contributed by atoms with van der Waals surface area (Å²) in [6, 6.07) is 23.6. The molecular formula is C22H17N3O3. The molecule has 28 heavy (non-hydrogen) atoms. The molecule has 2 N–H and O–H groups in total. The van der Waals surface area contributed by atoms with Gasteiger partial charge in [0.05, 0.1) is 23.3 Å². The summed E-state index contributed by atoms with van der Waals surface area (Å²) in [7, 11) is 0. The predicted octanol–water partition coefficient (Wildman–Crippen LogP) is 3.15. The molecule has 4 rings (SSSR count). The van der Waals surface area contributed by atoms with Gasteiger partial charge in [0.2, 0.25) is 0 Å². The van der Waals surface area contributed by atoms with Crippen LogP contribution in [0.5, 0.6) is 0 Å². The number of aromatic nitrogens is 2. The fourth-order valence-electron chi connectivity index (χ4n) is 3.31. The second-order valence-corrected chi connectivity index (χ2v) is 6.35. The van der Waals surface area contributed by atoms with Crippen molar-refractivity contribution in [3.8, 4) is 0 Å². The van der Waals surface area contributed by atoms with E-state index in [9.17, 15) is 9.59 Å². The van der Waals surface area contributed by atoms with E-state index in [1.165, 1.54) is 18.5 Å². The molecule has 1 amide bonds. The summed E-state index contributed by atoms with van der Waals surface area (Å²) in [6.07, 6.45) is 1.53. The number of hydrogen-bond donors (Lipinski definition) is 2. The summed E-state index contributed by atoms with van der Waals surface area (Å²) in [5, 5.41) is 9.18. The Morgan fingerprint density at radius 2 is 1.54 bits per heavy atom. The fraction of sp³-hybridized carbons (Fsp3) is 0.0455. The normalized spacial score (nSPS) is 10.9. The van der Waals surface area contributed by atoms with Gasteiger partial charge in [-0.25, -0.2) is 10.5 Å². The topological polar surface area (TPSA) is 84.2 Å². The van der Waals surface area contributed by atoms with E-state index in [4.69, 9.17) is 5.21 Å². The number of fused-ring (bicyclic) bond motifs is 1. The Kier molecular flexibility index (Phi) is 4.70. The van der Waals surface area contributed by atoms with E-state index >= 15 is 0 Å². The molecule has 0 spiro atoms. The molecule has 1 aromatic heterocycles. The van der Waals surface area contributed by atoms with Gasteiger partial charge in [0, 0.05) is 5.56 Å². The molecule has 6 heteroatoms. The van der Waals surface area contributed by atoms with Gasteiger partial charge in [0.25, 0.3) is 11.5 Å². The van der Waals surface area contributed by atoms with Crippen molar-refractivity contribution in [3.05, 3.63) is 112 Å². The first kappa shape index (κ1) is 17.6. The fourth-order valence-corrected chi connectivity index (χ4v) is 3.31. The van der Waals surface area contributed by atoms with Crippen molar-refractivity contribution < 1.29 is 10.0 Å². The summed E-state index contributed by atoms with van der Waals surface area (Å²) in [5.74, 6) is -0.681. The van der Waals surface area contributed by atoms with Crippen LogP contribution in [-0.2, 0) is 0 Å². The number of rotatable bonds is 4. The second-order valence-electron chi connectivity index (χ2n) is 6.35. The van der Waals surface area contributed by atoms with Gasteiger partial charge in [0.1, 0.15) is 0 Å². The molecule has 0 aliphatic rings. The first-order chi connectivity index (χ1) is 13.7. The average molecular weight is 371 g/mol. The molecule has 6 nitrogen and oxygen atoms in total. The van der Waals surface area contributed by atoms with Gasteiger partial charge in [-0.15, -0.1) is 0 Å². The molecule has 0 saturated carbocycles. The number of hydroxylamine groups is 1. The molecule has 3 aromatic carbocycles. The number of nitrogens with one attached hydrogen (secondary N) is 1. The van der Waals surface area contributed by atoms with Crippen molar-refractivity contribution in [2.45, 2.75) is 6.04 Å². The van der Waals surface area contributed by atoms with Gasteiger partial charge in [-0.1, -0.05) is 60.7 Å². The van der Waals surface area contributed by atoms with Crippen LogP contribution >= 0.6 is 0 Å². The standard InChI is InChI=1S/C22H17N3O3/c26-21(24-28)17-11-12-19-18(13-17)22(27)25(14-23-19)20(15-7-3-1-4-8-15)16-9-5-2-6-10-16/h1-14,20,28H,(H,24,26). The van der Waals surface area contributed by atoms with E-state index in [0.29, 0.717) is 10.9 Å². The maximum atomic E-state index is 13.3. The van der Waals surface area contributed by atoms with Gasteiger partial charge in [-0.05, 0) is 29.3 Å². The first-order valence-electron chi connectivity index (χ1n) is 8.74. The zero-order valence-corrected chi connectivity index (χ0v) is 14.8. The molecule has 0 aliphatic heterocycles. The molecule has 0 radical (unpaired) electrons. The highest BCUT2D eigenvalue weighted by molar-refractivity contribution is 5.97. The monoisotopic (exact) mass is 371 g/mol. The van der Waals surface area contributed by atoms with Crippen LogP contribution in [0.1, 0.15) is 27.5 Å². The van der Waals surface area contributed by atoms with Crippen molar-refractivity contribution in [3.63, 3.8) is 0 Å². The summed E-state index contributed by atoms with van der Waals surface area (Å²) in [4.78, 5) is 29.5. The summed E-state index contributed by atoms with van der Waals surface area (Å²) < 4.78 is 1.56. The lowest BCUT2D eigenvalue weighted by molar-refractivity contribution is 0.0706. The molecule has 0 saturated heterocycles. The minimum atomic E-state index is -0.681. The van der Waals surface area contributed by atoms with Crippen molar-refractivity contribution in [2.24, 2.45) is 0 Å². The summed E-state index contributed by atoms with van der Waals surface area (Å²) >= 11 is 0. The lowest BCUT2D eigenvalue weighted by atomic mass is 9.98. The van der Waals surface area contributed by atoms with Gasteiger partial charge in [-0.3, -0.25) is 19.4 Å². The molecule has 4 aromatic rings. The first-order valence-corrected chi connectivity index (χ1v) is 8.74. The third kappa shape index (κ3) is 3.17. The summed E-state index contributed by atoms with van der Waals surface area (Å²) in [5.41, 5.74) is 3.87. The van der Waals surface area contributed by atoms with E-state index < -0.39 is 5.91 Å². The van der Waals surface area contributed by atoms with Gasteiger partial charge in [-0.2, -0.15) is 0 Å². The number of carbonyl (C=O) groups excluding carboxylic acids is 1. The highest BCUT2D eigenvalue weighted by atomic mass is 16.5. The van der Waals surface area contributed by atoms with E-state index in [1.807, 2.05) is 60.7 Å².